The minimum atomic E-state index is -0.807. The molecule has 2 amide bonds. The predicted molar refractivity (Wildman–Crippen MR) is 151 cm³/mol. The Balaban J connectivity index is 1.14. The summed E-state index contributed by atoms with van der Waals surface area (Å²) in [6.45, 7) is 2.86. The molecule has 1 fully saturated rings. The Bertz CT molecular complexity index is 1520. The van der Waals surface area contributed by atoms with Crippen molar-refractivity contribution in [1.82, 2.24) is 20.2 Å². The number of benzene rings is 2. The molecule has 1 saturated heterocycles. The van der Waals surface area contributed by atoms with Crippen LogP contribution in [0.2, 0.25) is 0 Å². The van der Waals surface area contributed by atoms with Crippen molar-refractivity contribution in [2.75, 3.05) is 20.2 Å². The van der Waals surface area contributed by atoms with Gasteiger partial charge in [-0.2, -0.15) is 0 Å². The number of aromatic nitrogens is 2. The molecule has 1 unspecified atom stereocenters. The van der Waals surface area contributed by atoms with Crippen molar-refractivity contribution in [3.05, 3.63) is 88.0 Å². The molecule has 1 atom stereocenters. The van der Waals surface area contributed by atoms with E-state index in [4.69, 9.17) is 9.47 Å². The molecule has 10 heteroatoms. The third-order valence-corrected chi connectivity index (χ3v) is 7.94. The van der Waals surface area contributed by atoms with Crippen LogP contribution in [0.4, 0.5) is 0 Å². The Morgan fingerprint density at radius 3 is 2.50 bits per heavy atom. The van der Waals surface area contributed by atoms with E-state index in [9.17, 15) is 14.4 Å². The second-order valence-electron chi connectivity index (χ2n) is 9.65. The van der Waals surface area contributed by atoms with Gasteiger partial charge in [0.05, 0.1) is 17.6 Å². The standard InChI is InChI=1S/C30H30N4O5S/c1-19(30(37)39-17-20-8-4-3-5-9-20)31-27(35)25-18-40-28(33-25)21-12-14-34(15-13-21)29(36)24-16-26(38-2)22-10-6-7-11-23(22)32-24/h3-11,16,18-19,21H,12-15,17H2,1-2H3,(H,31,35). The van der Waals surface area contributed by atoms with Gasteiger partial charge in [0, 0.05) is 35.8 Å². The molecule has 0 aliphatic carbocycles. The number of nitrogens with one attached hydrogen (secondary N) is 1. The summed E-state index contributed by atoms with van der Waals surface area (Å²) in [5, 5.41) is 6.09. The third kappa shape index (κ3) is 6.12. The number of piperidine rings is 1. The summed E-state index contributed by atoms with van der Waals surface area (Å²) >= 11 is 1.42. The molecule has 1 aliphatic heterocycles. The molecule has 0 spiro atoms. The highest BCUT2D eigenvalue weighted by Crippen LogP contribution is 2.32. The summed E-state index contributed by atoms with van der Waals surface area (Å²) in [7, 11) is 1.59. The summed E-state index contributed by atoms with van der Waals surface area (Å²) in [5.41, 5.74) is 2.22. The fourth-order valence-electron chi connectivity index (χ4n) is 4.68. The van der Waals surface area contributed by atoms with Crippen molar-refractivity contribution in [2.24, 2.45) is 0 Å². The fourth-order valence-corrected chi connectivity index (χ4v) is 5.65. The average molecular weight is 559 g/mol. The van der Waals surface area contributed by atoms with Gasteiger partial charge >= 0.3 is 5.97 Å². The first-order chi connectivity index (χ1) is 19.4. The normalized spacial score (nSPS) is 14.5. The van der Waals surface area contributed by atoms with Gasteiger partial charge in [0.2, 0.25) is 0 Å². The lowest BCUT2D eigenvalue weighted by molar-refractivity contribution is -0.146. The van der Waals surface area contributed by atoms with E-state index in [0.717, 1.165) is 28.8 Å². The molecule has 3 heterocycles. The number of thiazole rings is 1. The van der Waals surface area contributed by atoms with Gasteiger partial charge in [-0.1, -0.05) is 42.5 Å². The molecule has 0 bridgehead atoms. The van der Waals surface area contributed by atoms with Crippen molar-refractivity contribution in [3.63, 3.8) is 0 Å². The zero-order valence-corrected chi connectivity index (χ0v) is 23.1. The minimum absolute atomic E-state index is 0.130. The van der Waals surface area contributed by atoms with Crippen LogP contribution >= 0.6 is 11.3 Å². The van der Waals surface area contributed by atoms with E-state index in [1.165, 1.54) is 11.3 Å². The number of ether oxygens (including phenoxy) is 2. The Hall–Kier alpha value is -4.31. The minimum Gasteiger partial charge on any atom is -0.496 e. The predicted octanol–water partition coefficient (Wildman–Crippen LogP) is 4.58. The van der Waals surface area contributed by atoms with E-state index in [1.54, 1.807) is 30.4 Å². The van der Waals surface area contributed by atoms with Gasteiger partial charge in [-0.15, -0.1) is 11.3 Å². The zero-order chi connectivity index (χ0) is 28.1. The molecule has 0 radical (unpaired) electrons. The van der Waals surface area contributed by atoms with Crippen LogP contribution < -0.4 is 10.1 Å². The molecule has 2 aromatic carbocycles. The molecule has 2 aromatic heterocycles. The number of rotatable bonds is 8. The molecule has 9 nitrogen and oxygen atoms in total. The maximum Gasteiger partial charge on any atom is 0.328 e. The summed E-state index contributed by atoms with van der Waals surface area (Å²) in [4.78, 5) is 49.2. The quantitative estimate of drug-likeness (QED) is 0.315. The number of nitrogens with zero attached hydrogens (tertiary/aromatic N) is 3. The first-order valence-electron chi connectivity index (χ1n) is 13.1. The number of carbonyl (C=O) groups is 3. The molecule has 5 rings (SSSR count). The van der Waals surface area contributed by atoms with Crippen LogP contribution in [0.3, 0.4) is 0 Å². The first-order valence-corrected chi connectivity index (χ1v) is 14.0. The number of carbonyl (C=O) groups excluding carboxylic acids is 3. The Labute approximate surface area is 236 Å². The molecular formula is C30H30N4O5S. The number of hydrogen-bond acceptors (Lipinski definition) is 8. The molecule has 206 valence electrons. The van der Waals surface area contributed by atoms with Crippen LogP contribution in [-0.2, 0) is 16.1 Å². The summed E-state index contributed by atoms with van der Waals surface area (Å²) in [6.07, 6.45) is 1.46. The zero-order valence-electron chi connectivity index (χ0n) is 22.3. The number of fused-ring (bicyclic) bond motifs is 1. The van der Waals surface area contributed by atoms with Crippen LogP contribution in [0.15, 0.2) is 66.0 Å². The highest BCUT2D eigenvalue weighted by atomic mass is 32.1. The van der Waals surface area contributed by atoms with Crippen LogP contribution in [0.1, 0.15) is 57.2 Å². The van der Waals surface area contributed by atoms with E-state index in [1.807, 2.05) is 54.6 Å². The number of likely N-dealkylation sites (tertiary alicyclic amines) is 1. The average Bonchev–Trinajstić information content (AvgIpc) is 3.50. The topological polar surface area (TPSA) is 111 Å². The van der Waals surface area contributed by atoms with Crippen molar-refractivity contribution in [3.8, 4) is 5.75 Å². The van der Waals surface area contributed by atoms with Crippen molar-refractivity contribution < 1.29 is 23.9 Å². The van der Waals surface area contributed by atoms with Gasteiger partial charge in [-0.25, -0.2) is 14.8 Å². The number of pyridine rings is 1. The maximum absolute atomic E-state index is 13.2. The van der Waals surface area contributed by atoms with E-state index in [0.29, 0.717) is 30.0 Å². The largest absolute Gasteiger partial charge is 0.496 e. The van der Waals surface area contributed by atoms with Crippen molar-refractivity contribution in [2.45, 2.75) is 38.3 Å². The second kappa shape index (κ2) is 12.3. The summed E-state index contributed by atoms with van der Waals surface area (Å²) in [5.74, 6) is -0.298. The number of amides is 2. The van der Waals surface area contributed by atoms with Crippen molar-refractivity contribution >= 4 is 40.0 Å². The maximum atomic E-state index is 13.2. The smallest absolute Gasteiger partial charge is 0.328 e. The summed E-state index contributed by atoms with van der Waals surface area (Å²) < 4.78 is 10.8. The summed E-state index contributed by atoms with van der Waals surface area (Å²) in [6, 6.07) is 17.8. The number of methoxy groups -OCH3 is 1. The van der Waals surface area contributed by atoms with Crippen LogP contribution in [0.5, 0.6) is 5.75 Å². The molecule has 4 aromatic rings. The van der Waals surface area contributed by atoms with Gasteiger partial charge < -0.3 is 19.7 Å². The lowest BCUT2D eigenvalue weighted by Crippen LogP contribution is -2.39. The van der Waals surface area contributed by atoms with Gasteiger partial charge in [0.1, 0.15) is 29.8 Å². The number of esters is 1. The van der Waals surface area contributed by atoms with Gasteiger partial charge in [0.25, 0.3) is 11.8 Å². The second-order valence-corrected chi connectivity index (χ2v) is 10.5. The highest BCUT2D eigenvalue weighted by Gasteiger charge is 2.28. The van der Waals surface area contributed by atoms with E-state index >= 15 is 0 Å². The molecular weight excluding hydrogens is 528 g/mol. The third-order valence-electron chi connectivity index (χ3n) is 6.93. The van der Waals surface area contributed by atoms with E-state index in [2.05, 4.69) is 15.3 Å². The highest BCUT2D eigenvalue weighted by molar-refractivity contribution is 7.09. The lowest BCUT2D eigenvalue weighted by Gasteiger charge is -2.31. The van der Waals surface area contributed by atoms with E-state index < -0.39 is 17.9 Å². The van der Waals surface area contributed by atoms with Crippen LogP contribution in [0.25, 0.3) is 10.9 Å². The molecule has 0 saturated carbocycles. The lowest BCUT2D eigenvalue weighted by atomic mass is 9.97. The fraction of sp³-hybridized carbons (Fsp3) is 0.300. The molecule has 1 N–H and O–H groups in total. The molecule has 1 aliphatic rings. The van der Waals surface area contributed by atoms with E-state index in [-0.39, 0.29) is 24.1 Å². The van der Waals surface area contributed by atoms with Crippen molar-refractivity contribution in [1.29, 1.82) is 0 Å². The van der Waals surface area contributed by atoms with Gasteiger partial charge in [0.15, 0.2) is 0 Å². The van der Waals surface area contributed by atoms with Crippen LogP contribution in [-0.4, -0.2) is 58.9 Å². The Kier molecular flexibility index (Phi) is 8.35. The SMILES string of the molecule is COc1cc(C(=O)N2CCC(c3nc(C(=O)NC(C)C(=O)OCc4ccccc4)cs3)CC2)nc2ccccc12. The Morgan fingerprint density at radius 1 is 1.02 bits per heavy atom. The number of hydrogen-bond donors (Lipinski definition) is 1. The Morgan fingerprint density at radius 2 is 1.75 bits per heavy atom. The first kappa shape index (κ1) is 27.3. The number of para-hydroxylation sites is 1. The monoisotopic (exact) mass is 558 g/mol. The van der Waals surface area contributed by atoms with Gasteiger partial charge in [-0.3, -0.25) is 9.59 Å². The molecule has 40 heavy (non-hydrogen) atoms. The van der Waals surface area contributed by atoms with Gasteiger partial charge in [-0.05, 0) is 37.5 Å². The van der Waals surface area contributed by atoms with Crippen LogP contribution in [0, 0.1) is 0 Å².